The van der Waals surface area contributed by atoms with Gasteiger partial charge in [-0.25, -0.2) is 13.1 Å². The summed E-state index contributed by atoms with van der Waals surface area (Å²) in [6.07, 6.45) is -0.368. The molecule has 0 aliphatic rings. The van der Waals surface area contributed by atoms with E-state index < -0.39 is 22.1 Å². The molecular formula is C14H21NO5S. The van der Waals surface area contributed by atoms with Crippen LogP contribution in [0, 0.1) is 5.92 Å². The minimum atomic E-state index is -3.69. The van der Waals surface area contributed by atoms with Gasteiger partial charge in [-0.3, -0.25) is 4.79 Å². The lowest BCUT2D eigenvalue weighted by Gasteiger charge is -2.14. The zero-order valence-electron chi connectivity index (χ0n) is 12.1. The predicted octanol–water partition coefficient (Wildman–Crippen LogP) is 0.999. The first-order chi connectivity index (χ1) is 9.70. The molecule has 118 valence electrons. The van der Waals surface area contributed by atoms with Crippen LogP contribution >= 0.6 is 0 Å². The van der Waals surface area contributed by atoms with Crippen LogP contribution in [0.4, 0.5) is 0 Å². The van der Waals surface area contributed by atoms with Crippen molar-refractivity contribution in [3.8, 4) is 0 Å². The molecular weight excluding hydrogens is 294 g/mol. The van der Waals surface area contributed by atoms with Crippen molar-refractivity contribution in [3.05, 3.63) is 29.8 Å². The molecule has 6 nitrogen and oxygen atoms in total. The van der Waals surface area contributed by atoms with Gasteiger partial charge in [0.25, 0.3) is 0 Å². The summed E-state index contributed by atoms with van der Waals surface area (Å²) in [7, 11) is -3.69. The first-order valence-corrected chi connectivity index (χ1v) is 8.17. The molecule has 0 saturated carbocycles. The van der Waals surface area contributed by atoms with Gasteiger partial charge in [-0.1, -0.05) is 26.0 Å². The number of carboxylic acids is 1. The van der Waals surface area contributed by atoms with Crippen LogP contribution in [0.25, 0.3) is 0 Å². The van der Waals surface area contributed by atoms with Crippen LogP contribution in [0.2, 0.25) is 0 Å². The van der Waals surface area contributed by atoms with Gasteiger partial charge in [0.15, 0.2) is 0 Å². The SMILES string of the molecule is CC(C)CC(O)CNS(=O)(=O)c1ccc(CC(=O)O)cc1. The normalized spacial score (nSPS) is 13.3. The molecule has 1 unspecified atom stereocenters. The first-order valence-electron chi connectivity index (χ1n) is 6.69. The Morgan fingerprint density at radius 2 is 1.81 bits per heavy atom. The van der Waals surface area contributed by atoms with Crippen molar-refractivity contribution in [3.63, 3.8) is 0 Å². The summed E-state index contributed by atoms with van der Waals surface area (Å²) in [5, 5.41) is 18.3. The van der Waals surface area contributed by atoms with E-state index in [4.69, 9.17) is 5.11 Å². The van der Waals surface area contributed by atoms with Crippen LogP contribution in [-0.4, -0.2) is 37.2 Å². The molecule has 21 heavy (non-hydrogen) atoms. The Bertz CT molecular complexity index is 566. The Morgan fingerprint density at radius 3 is 2.29 bits per heavy atom. The zero-order valence-corrected chi connectivity index (χ0v) is 12.9. The Kier molecular flexibility index (Phi) is 6.32. The summed E-state index contributed by atoms with van der Waals surface area (Å²) >= 11 is 0. The molecule has 0 heterocycles. The number of sulfonamides is 1. The van der Waals surface area contributed by atoms with Gasteiger partial charge in [0, 0.05) is 6.54 Å². The lowest BCUT2D eigenvalue weighted by molar-refractivity contribution is -0.136. The maximum absolute atomic E-state index is 12.0. The number of aliphatic hydroxyl groups excluding tert-OH is 1. The monoisotopic (exact) mass is 315 g/mol. The fourth-order valence-electron chi connectivity index (χ4n) is 1.88. The molecule has 0 aliphatic heterocycles. The van der Waals surface area contributed by atoms with Crippen LogP contribution in [0.15, 0.2) is 29.2 Å². The molecule has 0 radical (unpaired) electrons. The van der Waals surface area contributed by atoms with Gasteiger partial charge < -0.3 is 10.2 Å². The Labute approximate surface area is 124 Å². The summed E-state index contributed by atoms with van der Waals surface area (Å²) in [4.78, 5) is 10.6. The largest absolute Gasteiger partial charge is 0.481 e. The van der Waals surface area contributed by atoms with Crippen molar-refractivity contribution >= 4 is 16.0 Å². The topological polar surface area (TPSA) is 104 Å². The molecule has 7 heteroatoms. The molecule has 0 aliphatic carbocycles. The van der Waals surface area contributed by atoms with E-state index in [9.17, 15) is 18.3 Å². The number of rotatable bonds is 8. The summed E-state index contributed by atoms with van der Waals surface area (Å²) in [6.45, 7) is 3.84. The molecule has 3 N–H and O–H groups in total. The molecule has 1 aromatic rings. The highest BCUT2D eigenvalue weighted by atomic mass is 32.2. The second kappa shape index (κ2) is 7.53. The van der Waals surface area contributed by atoms with Gasteiger partial charge in [-0.2, -0.15) is 0 Å². The Hall–Kier alpha value is -1.44. The van der Waals surface area contributed by atoms with Gasteiger partial charge in [0.1, 0.15) is 0 Å². The number of carbonyl (C=O) groups is 1. The van der Waals surface area contributed by atoms with Crippen molar-refractivity contribution in [2.24, 2.45) is 5.92 Å². The molecule has 0 fully saturated rings. The van der Waals surface area contributed by atoms with E-state index in [-0.39, 0.29) is 23.8 Å². The summed E-state index contributed by atoms with van der Waals surface area (Å²) < 4.78 is 26.4. The fraction of sp³-hybridized carbons (Fsp3) is 0.500. The molecule has 1 aromatic carbocycles. The molecule has 0 amide bonds. The molecule has 1 atom stereocenters. The quantitative estimate of drug-likeness (QED) is 0.664. The van der Waals surface area contributed by atoms with E-state index in [1.807, 2.05) is 13.8 Å². The lowest BCUT2D eigenvalue weighted by Crippen LogP contribution is -2.32. The van der Waals surface area contributed by atoms with Crippen LogP contribution in [-0.2, 0) is 21.2 Å². The minimum Gasteiger partial charge on any atom is -0.481 e. The molecule has 1 rings (SSSR count). The Balaban J connectivity index is 2.68. The third kappa shape index (κ3) is 6.24. The number of nitrogens with one attached hydrogen (secondary N) is 1. The van der Waals surface area contributed by atoms with E-state index in [2.05, 4.69) is 4.72 Å². The number of aliphatic carboxylic acids is 1. The van der Waals surface area contributed by atoms with E-state index in [0.717, 1.165) is 0 Å². The highest BCUT2D eigenvalue weighted by Crippen LogP contribution is 2.12. The lowest BCUT2D eigenvalue weighted by atomic mass is 10.1. The molecule has 0 saturated heterocycles. The zero-order chi connectivity index (χ0) is 16.0. The highest BCUT2D eigenvalue weighted by molar-refractivity contribution is 7.89. The van der Waals surface area contributed by atoms with E-state index in [1.165, 1.54) is 24.3 Å². The average Bonchev–Trinajstić information content (AvgIpc) is 2.36. The maximum atomic E-state index is 12.0. The van der Waals surface area contributed by atoms with Gasteiger partial charge in [0.2, 0.25) is 10.0 Å². The molecule has 0 spiro atoms. The first kappa shape index (κ1) is 17.6. The number of aliphatic hydroxyl groups is 1. The van der Waals surface area contributed by atoms with Crippen LogP contribution in [0.3, 0.4) is 0 Å². The summed E-state index contributed by atoms with van der Waals surface area (Å²) in [5.41, 5.74) is 0.529. The fourth-order valence-corrected chi connectivity index (χ4v) is 2.95. The third-order valence-corrected chi connectivity index (χ3v) is 4.28. The third-order valence-electron chi connectivity index (χ3n) is 2.84. The van der Waals surface area contributed by atoms with Crippen molar-refractivity contribution in [1.29, 1.82) is 0 Å². The standard InChI is InChI=1S/C14H21NO5S/c1-10(2)7-12(16)9-15-21(19,20)13-5-3-11(4-6-13)8-14(17)18/h3-6,10,12,15-16H,7-9H2,1-2H3,(H,17,18). The summed E-state index contributed by atoms with van der Waals surface area (Å²) in [6, 6.07) is 5.64. The number of carboxylic acid groups (broad SMARTS) is 1. The average molecular weight is 315 g/mol. The van der Waals surface area contributed by atoms with Gasteiger partial charge in [-0.05, 0) is 30.0 Å². The minimum absolute atomic E-state index is 0.0443. The second-order valence-corrected chi connectivity index (χ2v) is 7.12. The van der Waals surface area contributed by atoms with Crippen molar-refractivity contribution in [1.82, 2.24) is 4.72 Å². The van der Waals surface area contributed by atoms with Crippen molar-refractivity contribution in [2.45, 2.75) is 37.7 Å². The Morgan fingerprint density at radius 1 is 1.24 bits per heavy atom. The second-order valence-electron chi connectivity index (χ2n) is 5.35. The smallest absolute Gasteiger partial charge is 0.307 e. The number of hydrogen-bond donors (Lipinski definition) is 3. The van der Waals surface area contributed by atoms with Crippen LogP contribution in [0.1, 0.15) is 25.8 Å². The van der Waals surface area contributed by atoms with Crippen molar-refractivity contribution in [2.75, 3.05) is 6.54 Å². The highest BCUT2D eigenvalue weighted by Gasteiger charge is 2.16. The van der Waals surface area contributed by atoms with Crippen LogP contribution in [0.5, 0.6) is 0 Å². The van der Waals surface area contributed by atoms with Crippen LogP contribution < -0.4 is 4.72 Å². The molecule has 0 aromatic heterocycles. The van der Waals surface area contributed by atoms with Gasteiger partial charge in [0.05, 0.1) is 17.4 Å². The van der Waals surface area contributed by atoms with E-state index in [1.54, 1.807) is 0 Å². The maximum Gasteiger partial charge on any atom is 0.307 e. The molecule has 0 bridgehead atoms. The summed E-state index contributed by atoms with van der Waals surface area (Å²) in [5.74, 6) is -0.694. The van der Waals surface area contributed by atoms with Gasteiger partial charge in [-0.15, -0.1) is 0 Å². The van der Waals surface area contributed by atoms with E-state index >= 15 is 0 Å². The number of hydrogen-bond acceptors (Lipinski definition) is 4. The van der Waals surface area contributed by atoms with Crippen molar-refractivity contribution < 1.29 is 23.4 Å². The van der Waals surface area contributed by atoms with Gasteiger partial charge >= 0.3 is 5.97 Å². The number of benzene rings is 1. The van der Waals surface area contributed by atoms with E-state index in [0.29, 0.717) is 12.0 Å². The predicted molar refractivity (Wildman–Crippen MR) is 78.4 cm³/mol.